The van der Waals surface area contributed by atoms with Crippen molar-refractivity contribution in [1.82, 2.24) is 20.2 Å². The molecular formula is C17H19N5. The van der Waals surface area contributed by atoms with Crippen LogP contribution in [0.5, 0.6) is 0 Å². The fourth-order valence-electron chi connectivity index (χ4n) is 3.34. The molecule has 1 aliphatic carbocycles. The van der Waals surface area contributed by atoms with E-state index in [1.54, 1.807) is 6.33 Å². The number of hydrogen-bond acceptors (Lipinski definition) is 4. The maximum atomic E-state index is 4.40. The van der Waals surface area contributed by atoms with Gasteiger partial charge in [-0.2, -0.15) is 5.10 Å². The summed E-state index contributed by atoms with van der Waals surface area (Å²) in [4.78, 5) is 8.73. The predicted octanol–water partition coefficient (Wildman–Crippen LogP) is 4.06. The van der Waals surface area contributed by atoms with Gasteiger partial charge in [-0.15, -0.1) is 0 Å². The van der Waals surface area contributed by atoms with Gasteiger partial charge in [-0.05, 0) is 31.4 Å². The molecule has 0 aliphatic heterocycles. The number of rotatable bonds is 3. The minimum atomic E-state index is 0.631. The standard InChI is InChI=1S/C17H19N5/c1-11-5-4-8-13-16(11)17(19-10-18-13)20-15-9-14(21-22-15)12-6-2-3-7-12/h4-5,8-10,12H,2-3,6-7H2,1H3,(H2,18,19,20,21,22). The molecule has 0 radical (unpaired) electrons. The van der Waals surface area contributed by atoms with E-state index in [0.29, 0.717) is 5.92 Å². The van der Waals surface area contributed by atoms with Gasteiger partial charge in [0.25, 0.3) is 0 Å². The quantitative estimate of drug-likeness (QED) is 0.764. The number of benzene rings is 1. The van der Waals surface area contributed by atoms with Crippen LogP contribution >= 0.6 is 0 Å². The molecular weight excluding hydrogens is 274 g/mol. The SMILES string of the molecule is Cc1cccc2ncnc(Nc3cc(C4CCCC4)[nH]n3)c12. The zero-order valence-corrected chi connectivity index (χ0v) is 12.6. The van der Waals surface area contributed by atoms with Crippen molar-refractivity contribution in [3.63, 3.8) is 0 Å². The Bertz CT molecular complexity index is 796. The van der Waals surface area contributed by atoms with Crippen LogP contribution in [0.1, 0.15) is 42.9 Å². The Balaban J connectivity index is 1.66. The lowest BCUT2D eigenvalue weighted by atomic mass is 10.0. The summed E-state index contributed by atoms with van der Waals surface area (Å²) in [6, 6.07) is 8.21. The third-order valence-electron chi connectivity index (χ3n) is 4.51. The first kappa shape index (κ1) is 13.2. The first-order chi connectivity index (χ1) is 10.8. The van der Waals surface area contributed by atoms with Crippen LogP contribution in [-0.4, -0.2) is 20.2 Å². The van der Waals surface area contributed by atoms with Gasteiger partial charge in [0.15, 0.2) is 5.82 Å². The van der Waals surface area contributed by atoms with Crippen molar-refractivity contribution in [2.45, 2.75) is 38.5 Å². The first-order valence-electron chi connectivity index (χ1n) is 7.84. The Labute approximate surface area is 129 Å². The second-order valence-corrected chi connectivity index (χ2v) is 6.01. The number of anilines is 2. The second kappa shape index (κ2) is 5.40. The van der Waals surface area contributed by atoms with E-state index in [4.69, 9.17) is 0 Å². The maximum absolute atomic E-state index is 4.40. The van der Waals surface area contributed by atoms with E-state index in [1.807, 2.05) is 12.1 Å². The Morgan fingerprint density at radius 3 is 2.91 bits per heavy atom. The molecule has 2 heterocycles. The summed E-state index contributed by atoms with van der Waals surface area (Å²) < 4.78 is 0. The molecule has 1 fully saturated rings. The van der Waals surface area contributed by atoms with Gasteiger partial charge < -0.3 is 5.32 Å². The largest absolute Gasteiger partial charge is 0.323 e. The minimum absolute atomic E-state index is 0.631. The predicted molar refractivity (Wildman–Crippen MR) is 87.4 cm³/mol. The molecule has 112 valence electrons. The molecule has 5 nitrogen and oxygen atoms in total. The van der Waals surface area contributed by atoms with Gasteiger partial charge in [0.2, 0.25) is 0 Å². The van der Waals surface area contributed by atoms with Gasteiger partial charge in [-0.1, -0.05) is 25.0 Å². The van der Waals surface area contributed by atoms with Crippen molar-refractivity contribution in [1.29, 1.82) is 0 Å². The van der Waals surface area contributed by atoms with Crippen LogP contribution in [0.4, 0.5) is 11.6 Å². The molecule has 3 aromatic rings. The van der Waals surface area contributed by atoms with E-state index < -0.39 is 0 Å². The van der Waals surface area contributed by atoms with E-state index in [0.717, 1.165) is 28.1 Å². The summed E-state index contributed by atoms with van der Waals surface area (Å²) in [6.07, 6.45) is 6.76. The van der Waals surface area contributed by atoms with E-state index in [-0.39, 0.29) is 0 Å². The van der Waals surface area contributed by atoms with Crippen molar-refractivity contribution in [3.05, 3.63) is 41.9 Å². The lowest BCUT2D eigenvalue weighted by Crippen LogP contribution is -1.97. The van der Waals surface area contributed by atoms with Gasteiger partial charge in [0, 0.05) is 23.1 Å². The highest BCUT2D eigenvalue weighted by atomic mass is 15.2. The van der Waals surface area contributed by atoms with Crippen LogP contribution in [0, 0.1) is 6.92 Å². The average molecular weight is 293 g/mol. The summed E-state index contributed by atoms with van der Waals surface area (Å²) in [7, 11) is 0. The zero-order chi connectivity index (χ0) is 14.9. The molecule has 5 heteroatoms. The Kier molecular flexibility index (Phi) is 3.25. The molecule has 0 saturated heterocycles. The van der Waals surface area contributed by atoms with E-state index in [1.165, 1.54) is 31.4 Å². The van der Waals surface area contributed by atoms with Gasteiger partial charge in [-0.3, -0.25) is 5.10 Å². The highest BCUT2D eigenvalue weighted by molar-refractivity contribution is 5.92. The van der Waals surface area contributed by atoms with Gasteiger partial charge >= 0.3 is 0 Å². The van der Waals surface area contributed by atoms with E-state index in [2.05, 4.69) is 44.5 Å². The molecule has 22 heavy (non-hydrogen) atoms. The zero-order valence-electron chi connectivity index (χ0n) is 12.6. The lowest BCUT2D eigenvalue weighted by molar-refractivity contribution is 0.693. The molecule has 0 atom stereocenters. The normalized spacial score (nSPS) is 15.5. The van der Waals surface area contributed by atoms with Crippen molar-refractivity contribution in [3.8, 4) is 0 Å². The van der Waals surface area contributed by atoms with Crippen molar-refractivity contribution >= 4 is 22.5 Å². The monoisotopic (exact) mass is 293 g/mol. The number of aromatic amines is 1. The number of hydrogen-bond donors (Lipinski definition) is 2. The molecule has 2 N–H and O–H groups in total. The molecule has 0 bridgehead atoms. The number of H-pyrrole nitrogens is 1. The van der Waals surface area contributed by atoms with Crippen molar-refractivity contribution in [2.24, 2.45) is 0 Å². The van der Waals surface area contributed by atoms with E-state index in [9.17, 15) is 0 Å². The van der Waals surface area contributed by atoms with Crippen molar-refractivity contribution in [2.75, 3.05) is 5.32 Å². The Morgan fingerprint density at radius 1 is 1.18 bits per heavy atom. The highest BCUT2D eigenvalue weighted by Crippen LogP contribution is 2.34. The maximum Gasteiger partial charge on any atom is 0.153 e. The molecule has 1 aromatic carbocycles. The molecule has 0 unspecified atom stereocenters. The molecule has 0 amide bonds. The summed E-state index contributed by atoms with van der Waals surface area (Å²) in [5, 5.41) is 12.0. The van der Waals surface area contributed by atoms with Gasteiger partial charge in [0.1, 0.15) is 12.1 Å². The van der Waals surface area contributed by atoms with Crippen LogP contribution in [0.2, 0.25) is 0 Å². The fraction of sp³-hybridized carbons (Fsp3) is 0.353. The smallest absolute Gasteiger partial charge is 0.153 e. The Hall–Kier alpha value is -2.43. The number of nitrogens with one attached hydrogen (secondary N) is 2. The van der Waals surface area contributed by atoms with Crippen LogP contribution in [-0.2, 0) is 0 Å². The molecule has 4 rings (SSSR count). The third kappa shape index (κ3) is 2.32. The lowest BCUT2D eigenvalue weighted by Gasteiger charge is -2.08. The number of fused-ring (bicyclic) bond motifs is 1. The average Bonchev–Trinajstić information content (AvgIpc) is 3.18. The summed E-state index contributed by atoms with van der Waals surface area (Å²) in [5.41, 5.74) is 3.34. The van der Waals surface area contributed by atoms with Gasteiger partial charge in [0.05, 0.1) is 5.52 Å². The third-order valence-corrected chi connectivity index (χ3v) is 4.51. The van der Waals surface area contributed by atoms with Crippen molar-refractivity contribution < 1.29 is 0 Å². The second-order valence-electron chi connectivity index (χ2n) is 6.01. The highest BCUT2D eigenvalue weighted by Gasteiger charge is 2.19. The van der Waals surface area contributed by atoms with E-state index >= 15 is 0 Å². The Morgan fingerprint density at radius 2 is 2.05 bits per heavy atom. The molecule has 2 aromatic heterocycles. The number of aryl methyl sites for hydroxylation is 1. The summed E-state index contributed by atoms with van der Waals surface area (Å²) in [5.74, 6) is 2.27. The molecule has 0 spiro atoms. The van der Waals surface area contributed by atoms with Crippen LogP contribution in [0.3, 0.4) is 0 Å². The van der Waals surface area contributed by atoms with Crippen LogP contribution in [0.25, 0.3) is 10.9 Å². The number of aromatic nitrogens is 4. The topological polar surface area (TPSA) is 66.5 Å². The minimum Gasteiger partial charge on any atom is -0.323 e. The summed E-state index contributed by atoms with van der Waals surface area (Å²) >= 11 is 0. The molecule has 1 aliphatic rings. The van der Waals surface area contributed by atoms with Crippen LogP contribution < -0.4 is 5.32 Å². The van der Waals surface area contributed by atoms with Crippen LogP contribution in [0.15, 0.2) is 30.6 Å². The van der Waals surface area contributed by atoms with Gasteiger partial charge in [-0.25, -0.2) is 9.97 Å². The fourth-order valence-corrected chi connectivity index (χ4v) is 3.34. The summed E-state index contributed by atoms with van der Waals surface area (Å²) in [6.45, 7) is 2.07. The molecule has 1 saturated carbocycles. The number of nitrogens with zero attached hydrogens (tertiary/aromatic N) is 3. The first-order valence-corrected chi connectivity index (χ1v) is 7.84.